The predicted molar refractivity (Wildman–Crippen MR) is 77.2 cm³/mol. The lowest BCUT2D eigenvalue weighted by Crippen LogP contribution is -2.25. The van der Waals surface area contributed by atoms with E-state index in [-0.39, 0.29) is 0 Å². The molecule has 0 spiro atoms. The van der Waals surface area contributed by atoms with Crippen LogP contribution in [0.3, 0.4) is 0 Å². The molecule has 1 aromatic heterocycles. The molecule has 2 heterocycles. The molecule has 2 rings (SSSR count). The van der Waals surface area contributed by atoms with E-state index < -0.39 is 0 Å². The van der Waals surface area contributed by atoms with E-state index in [2.05, 4.69) is 35.0 Å². The minimum absolute atomic E-state index is 0.475. The van der Waals surface area contributed by atoms with Gasteiger partial charge in [-0.25, -0.2) is 0 Å². The minimum Gasteiger partial charge on any atom is -0.378 e. The van der Waals surface area contributed by atoms with Crippen molar-refractivity contribution in [3.63, 3.8) is 0 Å². The van der Waals surface area contributed by atoms with Crippen molar-refractivity contribution in [3.8, 4) is 0 Å². The third-order valence-electron chi connectivity index (χ3n) is 3.80. The smallest absolute Gasteiger partial charge is 0.0625 e. The lowest BCUT2D eigenvalue weighted by atomic mass is 10.1. The fraction of sp³-hybridized carbons (Fsp3) is 0.800. The van der Waals surface area contributed by atoms with E-state index >= 15 is 0 Å². The van der Waals surface area contributed by atoms with Crippen LogP contribution in [0, 0.1) is 0 Å². The second kappa shape index (κ2) is 7.65. The maximum Gasteiger partial charge on any atom is 0.0625 e. The highest BCUT2D eigenvalue weighted by Crippen LogP contribution is 2.15. The number of aryl methyl sites for hydroxylation is 2. The van der Waals surface area contributed by atoms with Gasteiger partial charge in [0.1, 0.15) is 0 Å². The van der Waals surface area contributed by atoms with Crippen LogP contribution in [-0.2, 0) is 24.2 Å². The van der Waals surface area contributed by atoms with E-state index in [1.54, 1.807) is 0 Å². The lowest BCUT2D eigenvalue weighted by Gasteiger charge is -2.22. The normalized spacial score (nSPS) is 19.8. The number of nitrogens with zero attached hydrogens (tertiary/aromatic N) is 2. The Labute approximate surface area is 116 Å². The summed E-state index contributed by atoms with van der Waals surface area (Å²) in [6.45, 7) is 8.14. The summed E-state index contributed by atoms with van der Waals surface area (Å²) in [5.41, 5.74) is 2.48. The third-order valence-corrected chi connectivity index (χ3v) is 3.80. The standard InChI is InChI=1S/C15H27N3O/c1-3-13-11-14(18(4-2)17-13)12-16-9-8-15-7-5-6-10-19-15/h11,15-16H,3-10,12H2,1-2H3. The number of rotatable bonds is 7. The first kappa shape index (κ1) is 14.5. The van der Waals surface area contributed by atoms with Crippen molar-refractivity contribution in [1.29, 1.82) is 0 Å². The van der Waals surface area contributed by atoms with Crippen molar-refractivity contribution in [2.75, 3.05) is 13.2 Å². The maximum atomic E-state index is 5.74. The fourth-order valence-electron chi connectivity index (χ4n) is 2.62. The predicted octanol–water partition coefficient (Wildman–Crippen LogP) is 2.51. The van der Waals surface area contributed by atoms with Crippen molar-refractivity contribution in [3.05, 3.63) is 17.5 Å². The minimum atomic E-state index is 0.475. The van der Waals surface area contributed by atoms with E-state index in [4.69, 9.17) is 4.74 Å². The number of nitrogens with one attached hydrogen (secondary N) is 1. The average Bonchev–Trinajstić information content (AvgIpc) is 2.87. The second-order valence-electron chi connectivity index (χ2n) is 5.25. The van der Waals surface area contributed by atoms with Crippen molar-refractivity contribution >= 4 is 0 Å². The Morgan fingerprint density at radius 3 is 3.00 bits per heavy atom. The Bertz CT molecular complexity index is 369. The molecule has 1 atom stereocenters. The third kappa shape index (κ3) is 4.32. The highest BCUT2D eigenvalue weighted by atomic mass is 16.5. The zero-order chi connectivity index (χ0) is 13.5. The van der Waals surface area contributed by atoms with Crippen LogP contribution in [0.25, 0.3) is 0 Å². The number of aromatic nitrogens is 2. The summed E-state index contributed by atoms with van der Waals surface area (Å²) in [5.74, 6) is 0. The molecule has 1 saturated heterocycles. The molecule has 4 nitrogen and oxygen atoms in total. The molecule has 4 heteroatoms. The van der Waals surface area contributed by atoms with Crippen LogP contribution in [0.5, 0.6) is 0 Å². The van der Waals surface area contributed by atoms with Gasteiger partial charge in [0.05, 0.1) is 17.5 Å². The van der Waals surface area contributed by atoms with Crippen LogP contribution in [0.2, 0.25) is 0 Å². The molecule has 0 radical (unpaired) electrons. The lowest BCUT2D eigenvalue weighted by molar-refractivity contribution is 0.0115. The number of hydrogen-bond acceptors (Lipinski definition) is 3. The second-order valence-corrected chi connectivity index (χ2v) is 5.25. The van der Waals surface area contributed by atoms with Gasteiger partial charge in [-0.3, -0.25) is 4.68 Å². The van der Waals surface area contributed by atoms with Crippen LogP contribution < -0.4 is 5.32 Å². The van der Waals surface area contributed by atoms with Crippen LogP contribution in [-0.4, -0.2) is 29.0 Å². The Morgan fingerprint density at radius 1 is 1.42 bits per heavy atom. The molecule has 1 N–H and O–H groups in total. The summed E-state index contributed by atoms with van der Waals surface area (Å²) in [4.78, 5) is 0. The van der Waals surface area contributed by atoms with E-state index in [1.165, 1.54) is 30.7 Å². The molecule has 0 saturated carbocycles. The molecule has 1 unspecified atom stereocenters. The summed E-state index contributed by atoms with van der Waals surface area (Å²) in [6, 6.07) is 2.22. The van der Waals surface area contributed by atoms with Crippen molar-refractivity contribution in [2.45, 2.75) is 65.1 Å². The van der Waals surface area contributed by atoms with Gasteiger partial charge in [0.15, 0.2) is 0 Å². The Morgan fingerprint density at radius 2 is 2.32 bits per heavy atom. The van der Waals surface area contributed by atoms with Gasteiger partial charge in [-0.05, 0) is 51.6 Å². The quantitative estimate of drug-likeness (QED) is 0.770. The van der Waals surface area contributed by atoms with Crippen LogP contribution >= 0.6 is 0 Å². The van der Waals surface area contributed by atoms with Gasteiger partial charge in [0.2, 0.25) is 0 Å². The first-order valence-electron chi connectivity index (χ1n) is 7.71. The van der Waals surface area contributed by atoms with Crippen molar-refractivity contribution < 1.29 is 4.74 Å². The van der Waals surface area contributed by atoms with Crippen LogP contribution in [0.15, 0.2) is 6.07 Å². The Kier molecular flexibility index (Phi) is 5.86. The molecule has 1 aromatic rings. The average molecular weight is 265 g/mol. The van der Waals surface area contributed by atoms with Gasteiger partial charge >= 0.3 is 0 Å². The molecule has 108 valence electrons. The summed E-state index contributed by atoms with van der Waals surface area (Å²) in [7, 11) is 0. The first-order valence-corrected chi connectivity index (χ1v) is 7.71. The molecular weight excluding hydrogens is 238 g/mol. The summed E-state index contributed by atoms with van der Waals surface area (Å²) >= 11 is 0. The highest BCUT2D eigenvalue weighted by Gasteiger charge is 2.13. The molecule has 0 bridgehead atoms. The van der Waals surface area contributed by atoms with Gasteiger partial charge in [-0.2, -0.15) is 5.10 Å². The van der Waals surface area contributed by atoms with E-state index in [1.807, 2.05) is 0 Å². The van der Waals surface area contributed by atoms with Crippen LogP contribution in [0.4, 0.5) is 0 Å². The van der Waals surface area contributed by atoms with Crippen LogP contribution in [0.1, 0.15) is 50.9 Å². The van der Waals surface area contributed by atoms with Gasteiger partial charge in [-0.1, -0.05) is 6.92 Å². The van der Waals surface area contributed by atoms with Gasteiger partial charge in [0.25, 0.3) is 0 Å². The van der Waals surface area contributed by atoms with Gasteiger partial charge in [0, 0.05) is 19.7 Å². The zero-order valence-electron chi connectivity index (χ0n) is 12.3. The largest absolute Gasteiger partial charge is 0.378 e. The molecule has 0 aromatic carbocycles. The van der Waals surface area contributed by atoms with E-state index in [9.17, 15) is 0 Å². The number of hydrogen-bond donors (Lipinski definition) is 1. The topological polar surface area (TPSA) is 39.1 Å². The van der Waals surface area contributed by atoms with E-state index in [0.29, 0.717) is 6.10 Å². The molecule has 0 amide bonds. The highest BCUT2D eigenvalue weighted by molar-refractivity contribution is 5.10. The van der Waals surface area contributed by atoms with Gasteiger partial charge in [-0.15, -0.1) is 0 Å². The number of ether oxygens (including phenoxy) is 1. The monoisotopic (exact) mass is 265 g/mol. The molecular formula is C15H27N3O. The van der Waals surface area contributed by atoms with Crippen molar-refractivity contribution in [1.82, 2.24) is 15.1 Å². The van der Waals surface area contributed by atoms with Gasteiger partial charge < -0.3 is 10.1 Å². The molecule has 19 heavy (non-hydrogen) atoms. The fourth-order valence-corrected chi connectivity index (χ4v) is 2.62. The first-order chi connectivity index (χ1) is 9.33. The SMILES string of the molecule is CCc1cc(CNCCC2CCCCO2)n(CC)n1. The summed E-state index contributed by atoms with van der Waals surface area (Å²) < 4.78 is 7.84. The maximum absolute atomic E-state index is 5.74. The summed E-state index contributed by atoms with van der Waals surface area (Å²) in [6.07, 6.45) is 6.40. The molecule has 1 fully saturated rings. The Hall–Kier alpha value is -0.870. The summed E-state index contributed by atoms with van der Waals surface area (Å²) in [5, 5.41) is 8.09. The van der Waals surface area contributed by atoms with E-state index in [0.717, 1.165) is 39.1 Å². The van der Waals surface area contributed by atoms with Crippen molar-refractivity contribution in [2.24, 2.45) is 0 Å². The Balaban J connectivity index is 1.71. The molecule has 1 aliphatic rings. The zero-order valence-corrected chi connectivity index (χ0v) is 12.3. The molecule has 1 aliphatic heterocycles. The molecule has 0 aliphatic carbocycles.